The highest BCUT2D eigenvalue weighted by Crippen LogP contribution is 2.36. The molecule has 0 aromatic heterocycles. The first kappa shape index (κ1) is 44.4. The van der Waals surface area contributed by atoms with Crippen molar-refractivity contribution in [2.75, 3.05) is 19.6 Å². The quantitative estimate of drug-likeness (QED) is 0.317. The summed E-state index contributed by atoms with van der Waals surface area (Å²) in [5.41, 5.74) is -0.711. The van der Waals surface area contributed by atoms with E-state index in [-0.39, 0.29) is 37.6 Å². The third-order valence-electron chi connectivity index (χ3n) is 7.88. The third-order valence-corrected chi connectivity index (χ3v) is 8.38. The normalized spacial score (nSPS) is 18.1. The zero-order valence-electron chi connectivity index (χ0n) is 26.8. The van der Waals surface area contributed by atoms with Crippen molar-refractivity contribution in [3.8, 4) is 11.5 Å². The summed E-state index contributed by atoms with van der Waals surface area (Å²) in [6.45, 7) is 25.9. The minimum atomic E-state index is -0.669. The van der Waals surface area contributed by atoms with E-state index in [0.29, 0.717) is 9.94 Å². The van der Waals surface area contributed by atoms with E-state index in [1.54, 1.807) is 12.1 Å². The van der Waals surface area contributed by atoms with Crippen LogP contribution in [0.25, 0.3) is 0 Å². The number of benzene rings is 2. The number of aromatic hydroxyl groups is 2. The van der Waals surface area contributed by atoms with Crippen LogP contribution in [0.2, 0.25) is 0 Å². The molecule has 0 bridgehead atoms. The van der Waals surface area contributed by atoms with Crippen molar-refractivity contribution in [2.45, 2.75) is 113 Å². The van der Waals surface area contributed by atoms with E-state index in [1.807, 2.05) is 55.4 Å². The largest absolute Gasteiger partial charge is 0.505 e. The lowest BCUT2D eigenvalue weighted by atomic mass is 9.79. The molecule has 44 heavy (non-hydrogen) atoms. The number of hydrogen-bond acceptors (Lipinski definition) is 7. The molecule has 2 aliphatic rings. The molecule has 0 saturated carbocycles. The number of phenolic OH excluding ortho intramolecular Hbond substituents is 2. The molecule has 2 heterocycles. The predicted octanol–water partition coefficient (Wildman–Crippen LogP) is 7.87. The highest BCUT2D eigenvalue weighted by Gasteiger charge is 2.51. The number of hydrogen-bond donors (Lipinski definition) is 2. The summed E-state index contributed by atoms with van der Waals surface area (Å²) < 4.78 is 48.1. The van der Waals surface area contributed by atoms with Gasteiger partial charge in [-0.05, 0) is 111 Å². The lowest BCUT2D eigenvalue weighted by molar-refractivity contribution is 0.00578. The Balaban J connectivity index is 0. The molecule has 2 aliphatic heterocycles. The maximum Gasteiger partial charge on any atom is 0.494 e. The van der Waals surface area contributed by atoms with Crippen molar-refractivity contribution in [1.29, 1.82) is 0 Å². The average Bonchev–Trinajstić information content (AvgIpc) is 3.27. The Morgan fingerprint density at radius 1 is 0.705 bits per heavy atom. The van der Waals surface area contributed by atoms with Gasteiger partial charge in [-0.3, -0.25) is 0 Å². The van der Waals surface area contributed by atoms with Gasteiger partial charge in [-0.1, -0.05) is 57.6 Å². The molecule has 0 spiro atoms. The monoisotopic (exact) mass is 688 g/mol. The van der Waals surface area contributed by atoms with Gasteiger partial charge in [-0.25, -0.2) is 8.78 Å². The fourth-order valence-corrected chi connectivity index (χ4v) is 3.68. The van der Waals surface area contributed by atoms with Gasteiger partial charge in [-0.2, -0.15) is 0 Å². The molecule has 4 rings (SSSR count). The molecule has 1 radical (unpaired) electrons. The molecule has 2 fully saturated rings. The van der Waals surface area contributed by atoms with Crippen LogP contribution in [0, 0.1) is 11.6 Å². The topological polar surface area (TPSA) is 80.6 Å². The lowest BCUT2D eigenvalue weighted by Gasteiger charge is -2.32. The van der Waals surface area contributed by atoms with Crippen molar-refractivity contribution in [3.05, 3.63) is 52.5 Å². The van der Waals surface area contributed by atoms with Crippen molar-refractivity contribution < 1.29 is 37.6 Å². The highest BCUT2D eigenvalue weighted by molar-refractivity contribution is 9.10. The minimum Gasteiger partial charge on any atom is -0.505 e. The van der Waals surface area contributed by atoms with Crippen molar-refractivity contribution in [2.24, 2.45) is 0 Å². The van der Waals surface area contributed by atoms with Gasteiger partial charge in [-0.15, -0.1) is 0 Å². The Morgan fingerprint density at radius 3 is 1.36 bits per heavy atom. The summed E-state index contributed by atoms with van der Waals surface area (Å²) in [4.78, 5) is 2.38. The van der Waals surface area contributed by atoms with Crippen molar-refractivity contribution >= 4 is 36.2 Å². The number of halogens is 3. The zero-order valence-corrected chi connectivity index (χ0v) is 28.4. The van der Waals surface area contributed by atoms with Crippen LogP contribution in [0.1, 0.15) is 91.0 Å². The van der Waals surface area contributed by atoms with Gasteiger partial charge in [0, 0.05) is 4.47 Å². The van der Waals surface area contributed by atoms with Crippen LogP contribution in [0.15, 0.2) is 40.9 Å². The van der Waals surface area contributed by atoms with Crippen LogP contribution in [-0.4, -0.2) is 72.0 Å². The van der Waals surface area contributed by atoms with Crippen LogP contribution in [-0.2, 0) is 18.6 Å². The minimum absolute atomic E-state index is 0. The molecular formula is C32H55B2BrF2NO6. The summed E-state index contributed by atoms with van der Waals surface area (Å²) >= 11 is 3.05. The van der Waals surface area contributed by atoms with Gasteiger partial charge in [0.1, 0.15) is 0 Å². The van der Waals surface area contributed by atoms with Gasteiger partial charge in [0.15, 0.2) is 23.1 Å². The predicted molar refractivity (Wildman–Crippen MR) is 183 cm³/mol. The molecule has 2 aromatic carbocycles. The second-order valence-electron chi connectivity index (χ2n) is 11.9. The number of rotatable bonds is 4. The molecule has 0 unspecified atom stereocenters. The van der Waals surface area contributed by atoms with Gasteiger partial charge >= 0.3 is 14.8 Å². The Bertz CT molecular complexity index is 1100. The fourth-order valence-electron chi connectivity index (χ4n) is 3.35. The standard InChI is InChI=1S/C12H16BFO3.C6H12BO2.C6H4BrFO.C6H15N.2CH4/c1-11(2)12(3,4)17-13(16-11)8-5-6-10(15)9(14)7-8;1-5(2)6(3,4)9-7-8-5;7-4-1-2-6(9)5(8)3-4;1-4-7(5-2)6-3;;/h5-7,15H,1-4H3;1-4H3;1-3,9H;4-6H2,1-3H3;2*1H4. The summed E-state index contributed by atoms with van der Waals surface area (Å²) in [6.07, 6.45) is 0. The number of nitrogens with zero attached hydrogens (tertiary/aromatic N) is 1. The van der Waals surface area contributed by atoms with E-state index in [0.717, 1.165) is 0 Å². The second-order valence-corrected chi connectivity index (χ2v) is 12.8. The van der Waals surface area contributed by atoms with Gasteiger partial charge in [0.2, 0.25) is 0 Å². The Labute approximate surface area is 275 Å². The molecule has 2 N–H and O–H groups in total. The van der Waals surface area contributed by atoms with E-state index in [2.05, 4.69) is 41.6 Å². The molecule has 0 atom stereocenters. The molecule has 2 saturated heterocycles. The van der Waals surface area contributed by atoms with Gasteiger partial charge < -0.3 is 33.7 Å². The first-order chi connectivity index (χ1) is 19.2. The second kappa shape index (κ2) is 18.5. The lowest BCUT2D eigenvalue weighted by Crippen LogP contribution is -2.41. The zero-order chi connectivity index (χ0) is 32.5. The summed E-state index contributed by atoms with van der Waals surface area (Å²) in [6, 6.07) is 8.20. The molecule has 7 nitrogen and oxygen atoms in total. The molecule has 0 aliphatic carbocycles. The van der Waals surface area contributed by atoms with E-state index in [4.69, 9.17) is 28.8 Å². The van der Waals surface area contributed by atoms with Gasteiger partial charge in [0.25, 0.3) is 0 Å². The smallest absolute Gasteiger partial charge is 0.494 e. The van der Waals surface area contributed by atoms with E-state index < -0.39 is 30.0 Å². The molecular weight excluding hydrogens is 634 g/mol. The molecule has 0 amide bonds. The molecule has 12 heteroatoms. The SMILES string of the molecule is C.C.CC1(C)OB(c2ccc(O)c(F)c2)OC1(C)C.CC1(C)O[B]OC1(C)C.CCN(CC)CC.Oc1ccc(Br)cc1F. The van der Waals surface area contributed by atoms with Crippen molar-refractivity contribution in [1.82, 2.24) is 4.90 Å². The third kappa shape index (κ3) is 12.6. The Hall–Kier alpha value is -1.69. The average molecular weight is 689 g/mol. The summed E-state index contributed by atoms with van der Waals surface area (Å²) in [5.74, 6) is -1.97. The van der Waals surface area contributed by atoms with Crippen LogP contribution in [0.3, 0.4) is 0 Å². The van der Waals surface area contributed by atoms with Crippen LogP contribution >= 0.6 is 15.9 Å². The van der Waals surface area contributed by atoms with E-state index in [9.17, 15) is 8.78 Å². The molecule has 2 aromatic rings. The maximum absolute atomic E-state index is 13.3. The van der Waals surface area contributed by atoms with E-state index in [1.165, 1.54) is 51.6 Å². The van der Waals surface area contributed by atoms with Gasteiger partial charge in [0.05, 0.1) is 22.4 Å². The van der Waals surface area contributed by atoms with Crippen LogP contribution in [0.4, 0.5) is 8.78 Å². The number of phenols is 2. The highest BCUT2D eigenvalue weighted by atomic mass is 79.9. The first-order valence-corrected chi connectivity index (χ1v) is 14.9. The Kier molecular flexibility index (Phi) is 18.6. The van der Waals surface area contributed by atoms with Crippen LogP contribution < -0.4 is 5.46 Å². The Morgan fingerprint density at radius 2 is 1.09 bits per heavy atom. The van der Waals surface area contributed by atoms with E-state index >= 15 is 0 Å². The van der Waals surface area contributed by atoms with Crippen molar-refractivity contribution in [3.63, 3.8) is 0 Å². The first-order valence-electron chi connectivity index (χ1n) is 14.1. The van der Waals surface area contributed by atoms with Crippen LogP contribution in [0.5, 0.6) is 11.5 Å². The molecule has 251 valence electrons. The maximum atomic E-state index is 13.3. The fraction of sp³-hybridized carbons (Fsp3) is 0.625. The summed E-state index contributed by atoms with van der Waals surface area (Å²) in [5, 5.41) is 17.8. The summed E-state index contributed by atoms with van der Waals surface area (Å²) in [7, 11) is 0.815.